The summed E-state index contributed by atoms with van der Waals surface area (Å²) in [5, 5.41) is 18.4. The molecule has 2 rings (SSSR count). The number of rotatable bonds is 4. The molecular formula is C16H16N2O3. The van der Waals surface area contributed by atoms with Crippen molar-refractivity contribution < 1.29 is 15.0 Å². The first-order valence-corrected chi connectivity index (χ1v) is 6.35. The van der Waals surface area contributed by atoms with Gasteiger partial charge in [0.2, 0.25) is 0 Å². The minimum atomic E-state index is -1.18. The molecule has 0 unspecified atom stereocenters. The SMILES string of the molecule is CN(C)c1ccc(C=Nc2ccc(O)c(C(=O)O)c2)cc1. The van der Waals surface area contributed by atoms with Gasteiger partial charge < -0.3 is 15.1 Å². The topological polar surface area (TPSA) is 73.1 Å². The van der Waals surface area contributed by atoms with E-state index in [4.69, 9.17) is 5.11 Å². The molecule has 21 heavy (non-hydrogen) atoms. The van der Waals surface area contributed by atoms with Crippen molar-refractivity contribution in [2.75, 3.05) is 19.0 Å². The van der Waals surface area contributed by atoms with Gasteiger partial charge >= 0.3 is 5.97 Å². The van der Waals surface area contributed by atoms with Crippen molar-refractivity contribution >= 4 is 23.6 Å². The highest BCUT2D eigenvalue weighted by atomic mass is 16.4. The summed E-state index contributed by atoms with van der Waals surface area (Å²) in [6, 6.07) is 12.0. The van der Waals surface area contributed by atoms with E-state index >= 15 is 0 Å². The Morgan fingerprint density at radius 2 is 1.81 bits per heavy atom. The fourth-order valence-electron chi connectivity index (χ4n) is 1.78. The van der Waals surface area contributed by atoms with Gasteiger partial charge in [-0.3, -0.25) is 4.99 Å². The molecule has 5 heteroatoms. The molecule has 0 heterocycles. The summed E-state index contributed by atoms with van der Waals surface area (Å²) in [4.78, 5) is 17.2. The van der Waals surface area contributed by atoms with Crippen LogP contribution in [0.1, 0.15) is 15.9 Å². The van der Waals surface area contributed by atoms with Gasteiger partial charge in [0, 0.05) is 26.0 Å². The highest BCUT2D eigenvalue weighted by Crippen LogP contribution is 2.23. The molecule has 0 saturated carbocycles. The zero-order valence-corrected chi connectivity index (χ0v) is 11.8. The van der Waals surface area contributed by atoms with Gasteiger partial charge in [-0.25, -0.2) is 4.79 Å². The lowest BCUT2D eigenvalue weighted by atomic mass is 10.2. The third-order valence-electron chi connectivity index (χ3n) is 2.98. The molecule has 0 aliphatic carbocycles. The number of hydrogen-bond donors (Lipinski definition) is 2. The number of aromatic carboxylic acids is 1. The molecule has 108 valence electrons. The number of carbonyl (C=O) groups is 1. The quantitative estimate of drug-likeness (QED) is 0.847. The van der Waals surface area contributed by atoms with Crippen LogP contribution in [-0.4, -0.2) is 36.5 Å². The van der Waals surface area contributed by atoms with E-state index in [1.165, 1.54) is 12.1 Å². The average molecular weight is 284 g/mol. The van der Waals surface area contributed by atoms with Crippen LogP contribution in [0.4, 0.5) is 11.4 Å². The first-order chi connectivity index (χ1) is 9.97. The zero-order valence-electron chi connectivity index (χ0n) is 11.8. The molecule has 0 aliphatic heterocycles. The van der Waals surface area contributed by atoms with Crippen molar-refractivity contribution in [2.45, 2.75) is 0 Å². The van der Waals surface area contributed by atoms with Crippen LogP contribution in [0.2, 0.25) is 0 Å². The van der Waals surface area contributed by atoms with Crippen LogP contribution in [0.3, 0.4) is 0 Å². The Kier molecular flexibility index (Phi) is 4.23. The maximum Gasteiger partial charge on any atom is 0.339 e. The average Bonchev–Trinajstić information content (AvgIpc) is 2.46. The number of hydrogen-bond acceptors (Lipinski definition) is 4. The van der Waals surface area contributed by atoms with Crippen molar-refractivity contribution in [3.05, 3.63) is 53.6 Å². The standard InChI is InChI=1S/C16H16N2O3/c1-18(2)13-6-3-11(4-7-13)10-17-12-5-8-15(19)14(9-12)16(20)21/h3-10,19H,1-2H3,(H,20,21). The monoisotopic (exact) mass is 284 g/mol. The van der Waals surface area contributed by atoms with Gasteiger partial charge in [0.25, 0.3) is 0 Å². The molecule has 0 radical (unpaired) electrons. The summed E-state index contributed by atoms with van der Waals surface area (Å²) >= 11 is 0. The molecule has 0 atom stereocenters. The second-order valence-corrected chi connectivity index (χ2v) is 4.75. The first-order valence-electron chi connectivity index (χ1n) is 6.35. The summed E-state index contributed by atoms with van der Waals surface area (Å²) in [7, 11) is 3.93. The van der Waals surface area contributed by atoms with Crippen molar-refractivity contribution in [2.24, 2.45) is 4.99 Å². The summed E-state index contributed by atoms with van der Waals surface area (Å²) in [6.45, 7) is 0. The lowest BCUT2D eigenvalue weighted by molar-refractivity contribution is 0.0694. The van der Waals surface area contributed by atoms with Gasteiger partial charge in [0.1, 0.15) is 11.3 Å². The molecule has 5 nitrogen and oxygen atoms in total. The molecule has 0 amide bonds. The Morgan fingerprint density at radius 3 is 2.38 bits per heavy atom. The molecule has 0 aliphatic rings. The van der Waals surface area contributed by atoms with E-state index in [0.29, 0.717) is 5.69 Å². The van der Waals surface area contributed by atoms with Crippen LogP contribution >= 0.6 is 0 Å². The van der Waals surface area contributed by atoms with Gasteiger partial charge in [-0.1, -0.05) is 12.1 Å². The molecule has 2 aromatic rings. The minimum Gasteiger partial charge on any atom is -0.507 e. The second-order valence-electron chi connectivity index (χ2n) is 4.75. The Labute approximate surface area is 122 Å². The lowest BCUT2D eigenvalue weighted by Gasteiger charge is -2.11. The largest absolute Gasteiger partial charge is 0.507 e. The van der Waals surface area contributed by atoms with Crippen molar-refractivity contribution in [3.8, 4) is 5.75 Å². The fourth-order valence-corrected chi connectivity index (χ4v) is 1.78. The van der Waals surface area contributed by atoms with E-state index in [1.807, 2.05) is 43.3 Å². The van der Waals surface area contributed by atoms with Gasteiger partial charge in [0.05, 0.1) is 5.69 Å². The van der Waals surface area contributed by atoms with Crippen molar-refractivity contribution in [3.63, 3.8) is 0 Å². The van der Waals surface area contributed by atoms with E-state index < -0.39 is 5.97 Å². The second kappa shape index (κ2) is 6.09. The number of carboxylic acid groups (broad SMARTS) is 1. The number of nitrogens with zero attached hydrogens (tertiary/aromatic N) is 2. The number of aliphatic imine (C=N–C) groups is 1. The van der Waals surface area contributed by atoms with Gasteiger partial charge in [-0.2, -0.15) is 0 Å². The maximum absolute atomic E-state index is 10.9. The fraction of sp³-hybridized carbons (Fsp3) is 0.125. The van der Waals surface area contributed by atoms with Crippen LogP contribution < -0.4 is 4.90 Å². The number of phenols is 1. The lowest BCUT2D eigenvalue weighted by Crippen LogP contribution is -2.08. The molecule has 0 fully saturated rings. The number of aromatic hydroxyl groups is 1. The molecule has 0 spiro atoms. The van der Waals surface area contributed by atoms with Crippen LogP contribution in [0.15, 0.2) is 47.5 Å². The molecule has 2 N–H and O–H groups in total. The number of carboxylic acids is 1. The molecule has 0 saturated heterocycles. The van der Waals surface area contributed by atoms with Gasteiger partial charge in [-0.05, 0) is 35.9 Å². The number of anilines is 1. The van der Waals surface area contributed by atoms with E-state index in [0.717, 1.165) is 11.3 Å². The highest BCUT2D eigenvalue weighted by Gasteiger charge is 2.09. The van der Waals surface area contributed by atoms with Crippen LogP contribution in [-0.2, 0) is 0 Å². The maximum atomic E-state index is 10.9. The Balaban J connectivity index is 2.21. The molecular weight excluding hydrogens is 268 g/mol. The van der Waals surface area contributed by atoms with Crippen LogP contribution in [0.5, 0.6) is 5.75 Å². The molecule has 0 bridgehead atoms. The van der Waals surface area contributed by atoms with Crippen molar-refractivity contribution in [1.82, 2.24) is 0 Å². The normalized spacial score (nSPS) is 10.8. The third-order valence-corrected chi connectivity index (χ3v) is 2.98. The summed E-state index contributed by atoms with van der Waals surface area (Å²) < 4.78 is 0. The van der Waals surface area contributed by atoms with Crippen molar-refractivity contribution in [1.29, 1.82) is 0 Å². The minimum absolute atomic E-state index is 0.160. The molecule has 0 aromatic heterocycles. The van der Waals surface area contributed by atoms with Gasteiger partial charge in [0.15, 0.2) is 0 Å². The van der Waals surface area contributed by atoms with E-state index in [9.17, 15) is 9.90 Å². The van der Waals surface area contributed by atoms with E-state index in [-0.39, 0.29) is 11.3 Å². The zero-order chi connectivity index (χ0) is 15.4. The predicted molar refractivity (Wildman–Crippen MR) is 83.1 cm³/mol. The summed E-state index contributed by atoms with van der Waals surface area (Å²) in [5.74, 6) is -1.45. The third kappa shape index (κ3) is 3.60. The summed E-state index contributed by atoms with van der Waals surface area (Å²) in [6.07, 6.45) is 1.65. The Hall–Kier alpha value is -2.82. The number of benzene rings is 2. The predicted octanol–water partition coefficient (Wildman–Crippen LogP) is 2.91. The first kappa shape index (κ1) is 14.6. The van der Waals surface area contributed by atoms with Crippen LogP contribution in [0.25, 0.3) is 0 Å². The highest BCUT2D eigenvalue weighted by molar-refractivity contribution is 5.92. The van der Waals surface area contributed by atoms with E-state index in [2.05, 4.69) is 4.99 Å². The Morgan fingerprint density at radius 1 is 1.14 bits per heavy atom. The Bertz CT molecular complexity index is 676. The summed E-state index contributed by atoms with van der Waals surface area (Å²) in [5.41, 5.74) is 2.31. The smallest absolute Gasteiger partial charge is 0.339 e. The van der Waals surface area contributed by atoms with Crippen LogP contribution in [0, 0.1) is 0 Å². The molecule has 2 aromatic carbocycles. The van der Waals surface area contributed by atoms with E-state index in [1.54, 1.807) is 12.3 Å². The van der Waals surface area contributed by atoms with Gasteiger partial charge in [-0.15, -0.1) is 0 Å².